The van der Waals surface area contributed by atoms with E-state index in [-0.39, 0.29) is 23.7 Å². The van der Waals surface area contributed by atoms with E-state index in [0.717, 1.165) is 0 Å². The Bertz CT molecular complexity index is 305. The van der Waals surface area contributed by atoms with E-state index in [1.807, 2.05) is 0 Å². The maximum atomic E-state index is 10.2. The Balaban J connectivity index is 0.000000255. The van der Waals surface area contributed by atoms with Crippen molar-refractivity contribution in [2.75, 3.05) is 5.75 Å². The van der Waals surface area contributed by atoms with Crippen LogP contribution in [0.4, 0.5) is 0 Å². The molecule has 1 aliphatic rings. The zero-order chi connectivity index (χ0) is 11.4. The van der Waals surface area contributed by atoms with E-state index < -0.39 is 21.9 Å². The summed E-state index contributed by atoms with van der Waals surface area (Å²) < 4.78 is 26.9. The van der Waals surface area contributed by atoms with Crippen molar-refractivity contribution >= 4 is 21.9 Å². The van der Waals surface area contributed by atoms with Gasteiger partial charge in [-0.05, 0) is 6.92 Å². The summed E-state index contributed by atoms with van der Waals surface area (Å²) in [5, 5.41) is 8.57. The number of rotatable bonds is 1. The number of amides is 2. The molecule has 1 saturated heterocycles. The van der Waals surface area contributed by atoms with E-state index in [2.05, 4.69) is 0 Å². The van der Waals surface area contributed by atoms with Crippen molar-refractivity contribution < 1.29 is 27.8 Å². The van der Waals surface area contributed by atoms with Crippen LogP contribution >= 0.6 is 0 Å². The molecule has 0 aromatic carbocycles. The summed E-state index contributed by atoms with van der Waals surface area (Å²) in [7, 11) is -3.66. The van der Waals surface area contributed by atoms with Gasteiger partial charge in [0.1, 0.15) is 0 Å². The lowest BCUT2D eigenvalue weighted by atomic mass is 10.4. The zero-order valence-electron chi connectivity index (χ0n) is 7.50. The highest BCUT2D eigenvalue weighted by Gasteiger charge is 2.26. The molecule has 0 aliphatic carbocycles. The fraction of sp³-hybridized carbons (Fsp3) is 0.667. The minimum atomic E-state index is -3.66. The monoisotopic (exact) mass is 225 g/mol. The SMILES string of the molecule is CCS(=O)(=O)O.O=C1CCC(=O)N1O. The Morgan fingerprint density at radius 1 is 1.29 bits per heavy atom. The molecule has 1 fully saturated rings. The Morgan fingerprint density at radius 2 is 1.57 bits per heavy atom. The molecular weight excluding hydrogens is 214 g/mol. The largest absolute Gasteiger partial charge is 0.286 e. The predicted octanol–water partition coefficient (Wildman–Crippen LogP) is -0.581. The summed E-state index contributed by atoms with van der Waals surface area (Å²) in [4.78, 5) is 20.5. The van der Waals surface area contributed by atoms with E-state index >= 15 is 0 Å². The normalized spacial score (nSPS) is 16.6. The van der Waals surface area contributed by atoms with Crippen molar-refractivity contribution in [3.05, 3.63) is 0 Å². The maximum Gasteiger partial charge on any atom is 0.264 e. The van der Waals surface area contributed by atoms with Gasteiger partial charge >= 0.3 is 0 Å². The van der Waals surface area contributed by atoms with Gasteiger partial charge in [-0.15, -0.1) is 0 Å². The Morgan fingerprint density at radius 3 is 1.64 bits per heavy atom. The number of carbonyl (C=O) groups is 2. The van der Waals surface area contributed by atoms with Crippen molar-refractivity contribution in [1.82, 2.24) is 5.06 Å². The summed E-state index contributed by atoms with van der Waals surface area (Å²) in [6.45, 7) is 1.37. The van der Waals surface area contributed by atoms with Gasteiger partial charge in [0.2, 0.25) is 0 Å². The molecule has 8 heteroatoms. The molecule has 2 N–H and O–H groups in total. The van der Waals surface area contributed by atoms with Crippen LogP contribution in [0.2, 0.25) is 0 Å². The van der Waals surface area contributed by atoms with Crippen LogP contribution in [0.25, 0.3) is 0 Å². The van der Waals surface area contributed by atoms with Gasteiger partial charge in [-0.1, -0.05) is 0 Å². The smallest absolute Gasteiger partial charge is 0.264 e. The van der Waals surface area contributed by atoms with E-state index in [0.29, 0.717) is 0 Å². The predicted molar refractivity (Wildman–Crippen MR) is 45.0 cm³/mol. The first kappa shape index (κ1) is 13.0. The molecule has 0 unspecified atom stereocenters. The number of hydrogen-bond donors (Lipinski definition) is 2. The van der Waals surface area contributed by atoms with Crippen LogP contribution in [-0.4, -0.2) is 40.8 Å². The summed E-state index contributed by atoms with van der Waals surface area (Å²) >= 11 is 0. The second kappa shape index (κ2) is 5.03. The topological polar surface area (TPSA) is 112 Å². The van der Waals surface area contributed by atoms with Crippen LogP contribution < -0.4 is 0 Å². The fourth-order valence-electron chi connectivity index (χ4n) is 0.565. The third kappa shape index (κ3) is 4.90. The molecule has 1 rings (SSSR count). The van der Waals surface area contributed by atoms with Crippen LogP contribution in [0.1, 0.15) is 19.8 Å². The highest BCUT2D eigenvalue weighted by atomic mass is 32.2. The van der Waals surface area contributed by atoms with E-state index in [4.69, 9.17) is 9.76 Å². The first-order valence-electron chi connectivity index (χ1n) is 3.77. The molecule has 14 heavy (non-hydrogen) atoms. The zero-order valence-corrected chi connectivity index (χ0v) is 8.32. The fourth-order valence-corrected chi connectivity index (χ4v) is 0.565. The maximum absolute atomic E-state index is 10.2. The summed E-state index contributed by atoms with van der Waals surface area (Å²) in [5.41, 5.74) is 0. The molecule has 0 radical (unpaired) electrons. The van der Waals surface area contributed by atoms with E-state index in [1.54, 1.807) is 0 Å². The third-order valence-electron chi connectivity index (χ3n) is 1.39. The number of hydrogen-bond acceptors (Lipinski definition) is 5. The molecule has 1 heterocycles. The van der Waals surface area contributed by atoms with Gasteiger partial charge < -0.3 is 0 Å². The van der Waals surface area contributed by atoms with Crippen LogP contribution in [0.15, 0.2) is 0 Å². The lowest BCUT2D eigenvalue weighted by Crippen LogP contribution is -2.24. The standard InChI is InChI=1S/C4H5NO3.C2H6O3S/c6-3-1-2-4(7)5(3)8;1-2-6(3,4)5/h8H,1-2H2;2H2,1H3,(H,3,4,5). The first-order chi connectivity index (χ1) is 6.28. The van der Waals surface area contributed by atoms with Crippen molar-refractivity contribution in [1.29, 1.82) is 0 Å². The Labute approximate surface area is 81.0 Å². The molecule has 0 atom stereocenters. The van der Waals surface area contributed by atoms with E-state index in [1.165, 1.54) is 6.92 Å². The minimum absolute atomic E-state index is 0.148. The molecule has 0 spiro atoms. The minimum Gasteiger partial charge on any atom is -0.286 e. The summed E-state index contributed by atoms with van der Waals surface area (Å²) in [6, 6.07) is 0. The van der Waals surface area contributed by atoms with Gasteiger partial charge in [0.25, 0.3) is 21.9 Å². The Hall–Kier alpha value is -0.990. The second-order valence-corrected chi connectivity index (χ2v) is 4.21. The average Bonchev–Trinajstić information content (AvgIpc) is 2.36. The molecule has 0 bridgehead atoms. The van der Waals surface area contributed by atoms with Gasteiger partial charge in [-0.3, -0.25) is 19.3 Å². The van der Waals surface area contributed by atoms with Gasteiger partial charge in [-0.2, -0.15) is 13.5 Å². The van der Waals surface area contributed by atoms with Crippen LogP contribution in [0, 0.1) is 0 Å². The second-order valence-electron chi connectivity index (χ2n) is 2.47. The van der Waals surface area contributed by atoms with Crippen molar-refractivity contribution in [2.45, 2.75) is 19.8 Å². The molecule has 0 aromatic rings. The molecule has 0 aromatic heterocycles. The van der Waals surface area contributed by atoms with E-state index in [9.17, 15) is 18.0 Å². The van der Waals surface area contributed by atoms with Crippen LogP contribution in [-0.2, 0) is 19.7 Å². The molecule has 2 amide bonds. The van der Waals surface area contributed by atoms with Gasteiger partial charge in [0.15, 0.2) is 0 Å². The number of hydroxylamine groups is 2. The van der Waals surface area contributed by atoms with Gasteiger partial charge in [-0.25, -0.2) is 0 Å². The van der Waals surface area contributed by atoms with Crippen molar-refractivity contribution in [3.63, 3.8) is 0 Å². The van der Waals surface area contributed by atoms with Crippen molar-refractivity contribution in [3.8, 4) is 0 Å². The molecular formula is C6H11NO6S. The third-order valence-corrected chi connectivity index (χ3v) is 2.12. The average molecular weight is 225 g/mol. The highest BCUT2D eigenvalue weighted by molar-refractivity contribution is 7.85. The van der Waals surface area contributed by atoms with Gasteiger partial charge in [0, 0.05) is 12.8 Å². The number of nitrogens with zero attached hydrogens (tertiary/aromatic N) is 1. The first-order valence-corrected chi connectivity index (χ1v) is 5.38. The van der Waals surface area contributed by atoms with Crippen molar-refractivity contribution in [2.24, 2.45) is 0 Å². The summed E-state index contributed by atoms with van der Waals surface area (Å²) in [6.07, 6.45) is 0.296. The number of carbonyl (C=O) groups excluding carboxylic acids is 2. The van der Waals surface area contributed by atoms with Crippen LogP contribution in [0.3, 0.4) is 0 Å². The van der Waals surface area contributed by atoms with Crippen LogP contribution in [0.5, 0.6) is 0 Å². The quantitative estimate of drug-likeness (QED) is 0.350. The molecule has 82 valence electrons. The summed E-state index contributed by atoms with van der Waals surface area (Å²) in [5.74, 6) is -1.21. The molecule has 7 nitrogen and oxygen atoms in total. The lowest BCUT2D eigenvalue weighted by Gasteiger charge is -1.98. The lowest BCUT2D eigenvalue weighted by molar-refractivity contribution is -0.171. The number of imide groups is 1. The Kier molecular flexibility index (Phi) is 4.68. The highest BCUT2D eigenvalue weighted by Crippen LogP contribution is 2.06. The molecule has 1 aliphatic heterocycles. The van der Waals surface area contributed by atoms with Gasteiger partial charge in [0.05, 0.1) is 5.75 Å². The molecule has 0 saturated carbocycles.